The molecule has 1 saturated heterocycles. The summed E-state index contributed by atoms with van der Waals surface area (Å²) in [6.07, 6.45) is 4.63. The first-order valence-corrected chi connectivity index (χ1v) is 7.19. The molecule has 0 saturated carbocycles. The summed E-state index contributed by atoms with van der Waals surface area (Å²) in [7, 11) is 2.00. The lowest BCUT2D eigenvalue weighted by atomic mass is 10.2. The number of aromatic nitrogens is 3. The van der Waals surface area contributed by atoms with Gasteiger partial charge in [-0.05, 0) is 31.7 Å². The normalized spacial score (nSPS) is 19.7. The minimum atomic E-state index is -0.395. The lowest BCUT2D eigenvalue weighted by molar-refractivity contribution is 0.616. The molecule has 3 heterocycles. The van der Waals surface area contributed by atoms with E-state index >= 15 is 0 Å². The van der Waals surface area contributed by atoms with E-state index in [1.807, 2.05) is 31.3 Å². The fourth-order valence-corrected chi connectivity index (χ4v) is 2.59. The second kappa shape index (κ2) is 6.15. The zero-order chi connectivity index (χ0) is 14.7. The Balaban J connectivity index is 1.80. The number of hydrogen-bond donors (Lipinski definition) is 2. The molecule has 0 amide bonds. The summed E-state index contributed by atoms with van der Waals surface area (Å²) in [5.41, 5.74) is 7.00. The van der Waals surface area contributed by atoms with Crippen LogP contribution in [0.15, 0.2) is 36.7 Å². The molecular formula is C15H20N6. The maximum atomic E-state index is 6.22. The van der Waals surface area contributed by atoms with Gasteiger partial charge in [0.1, 0.15) is 11.9 Å². The molecule has 110 valence electrons. The highest BCUT2D eigenvalue weighted by atomic mass is 15.2. The van der Waals surface area contributed by atoms with Gasteiger partial charge in [0.25, 0.3) is 0 Å². The molecule has 1 fully saturated rings. The smallest absolute Gasteiger partial charge is 0.153 e. The average Bonchev–Trinajstić information content (AvgIpc) is 3.04. The highest BCUT2D eigenvalue weighted by Crippen LogP contribution is 2.20. The summed E-state index contributed by atoms with van der Waals surface area (Å²) in [5, 5.41) is 3.31. The van der Waals surface area contributed by atoms with Crippen LogP contribution < -0.4 is 16.0 Å². The molecule has 6 heteroatoms. The maximum Gasteiger partial charge on any atom is 0.153 e. The molecule has 2 aromatic heterocycles. The van der Waals surface area contributed by atoms with Crippen LogP contribution in [0.1, 0.15) is 24.0 Å². The van der Waals surface area contributed by atoms with Crippen LogP contribution in [0, 0.1) is 0 Å². The molecule has 1 aliphatic rings. The maximum absolute atomic E-state index is 6.22. The van der Waals surface area contributed by atoms with Crippen LogP contribution in [-0.2, 0) is 0 Å². The Morgan fingerprint density at radius 2 is 2.19 bits per heavy atom. The van der Waals surface area contributed by atoms with Crippen LogP contribution in [0.25, 0.3) is 0 Å². The number of nitrogens with two attached hydrogens (primary N) is 1. The van der Waals surface area contributed by atoms with Crippen LogP contribution in [-0.4, -0.2) is 41.1 Å². The van der Waals surface area contributed by atoms with Crippen LogP contribution in [0.4, 0.5) is 5.82 Å². The first-order valence-electron chi connectivity index (χ1n) is 7.19. The molecule has 3 rings (SSSR count). The molecule has 6 nitrogen and oxygen atoms in total. The van der Waals surface area contributed by atoms with Crippen molar-refractivity contribution in [2.45, 2.75) is 18.5 Å². The number of anilines is 1. The average molecular weight is 284 g/mol. The molecule has 1 aliphatic heterocycles. The van der Waals surface area contributed by atoms with E-state index < -0.39 is 6.04 Å². The highest BCUT2D eigenvalue weighted by Gasteiger charge is 2.23. The molecular weight excluding hydrogens is 264 g/mol. The van der Waals surface area contributed by atoms with Crippen molar-refractivity contribution in [2.24, 2.45) is 5.73 Å². The van der Waals surface area contributed by atoms with Crippen LogP contribution in [0.5, 0.6) is 0 Å². The molecule has 0 aliphatic carbocycles. The van der Waals surface area contributed by atoms with Crippen LogP contribution in [0.2, 0.25) is 0 Å². The Morgan fingerprint density at radius 3 is 2.90 bits per heavy atom. The second-order valence-corrected chi connectivity index (χ2v) is 5.23. The Morgan fingerprint density at radius 1 is 1.29 bits per heavy atom. The van der Waals surface area contributed by atoms with Crippen LogP contribution >= 0.6 is 0 Å². The third kappa shape index (κ3) is 3.01. The Hall–Kier alpha value is -2.05. The number of rotatable bonds is 4. The van der Waals surface area contributed by atoms with Gasteiger partial charge in [-0.25, -0.2) is 9.97 Å². The summed E-state index contributed by atoms with van der Waals surface area (Å²) >= 11 is 0. The van der Waals surface area contributed by atoms with E-state index in [4.69, 9.17) is 5.73 Å². The summed E-state index contributed by atoms with van der Waals surface area (Å²) < 4.78 is 0. The Labute approximate surface area is 124 Å². The highest BCUT2D eigenvalue weighted by molar-refractivity contribution is 5.40. The van der Waals surface area contributed by atoms with E-state index in [1.165, 1.54) is 0 Å². The molecule has 2 atom stereocenters. The minimum absolute atomic E-state index is 0.395. The first-order chi connectivity index (χ1) is 10.3. The molecule has 0 radical (unpaired) electrons. The zero-order valence-corrected chi connectivity index (χ0v) is 12.1. The third-order valence-corrected chi connectivity index (χ3v) is 3.86. The zero-order valence-electron chi connectivity index (χ0n) is 12.1. The Kier molecular flexibility index (Phi) is 4.08. The molecule has 0 bridgehead atoms. The van der Waals surface area contributed by atoms with Crippen molar-refractivity contribution in [3.05, 3.63) is 48.2 Å². The van der Waals surface area contributed by atoms with Crippen molar-refractivity contribution in [1.29, 1.82) is 0 Å². The van der Waals surface area contributed by atoms with E-state index in [1.54, 1.807) is 12.4 Å². The van der Waals surface area contributed by atoms with Crippen molar-refractivity contribution >= 4 is 5.82 Å². The molecule has 2 aromatic rings. The van der Waals surface area contributed by atoms with Gasteiger partial charge in [-0.15, -0.1) is 0 Å². The monoisotopic (exact) mass is 284 g/mol. The van der Waals surface area contributed by atoms with E-state index in [9.17, 15) is 0 Å². The SMILES string of the molecule is CN[C@@H]1CCN(c2ccnc(C(N)c3ccccn3)n2)C1. The molecule has 1 unspecified atom stereocenters. The van der Waals surface area contributed by atoms with Gasteiger partial charge in [0.05, 0.1) is 5.69 Å². The molecule has 3 N–H and O–H groups in total. The fourth-order valence-electron chi connectivity index (χ4n) is 2.59. The van der Waals surface area contributed by atoms with Crippen molar-refractivity contribution in [3.63, 3.8) is 0 Å². The van der Waals surface area contributed by atoms with Crippen molar-refractivity contribution < 1.29 is 0 Å². The van der Waals surface area contributed by atoms with Crippen molar-refractivity contribution in [2.75, 3.05) is 25.0 Å². The molecule has 0 spiro atoms. The lowest BCUT2D eigenvalue weighted by Gasteiger charge is -2.19. The van der Waals surface area contributed by atoms with Gasteiger partial charge in [-0.1, -0.05) is 6.07 Å². The van der Waals surface area contributed by atoms with Gasteiger partial charge in [-0.3, -0.25) is 4.98 Å². The summed E-state index contributed by atoms with van der Waals surface area (Å²) in [5.74, 6) is 1.54. The number of hydrogen-bond acceptors (Lipinski definition) is 6. The quantitative estimate of drug-likeness (QED) is 0.861. The fraction of sp³-hybridized carbons (Fsp3) is 0.400. The van der Waals surface area contributed by atoms with E-state index in [2.05, 4.69) is 25.2 Å². The van der Waals surface area contributed by atoms with Gasteiger partial charge >= 0.3 is 0 Å². The summed E-state index contributed by atoms with van der Waals surface area (Å²) in [4.78, 5) is 15.5. The van der Waals surface area contributed by atoms with E-state index in [0.717, 1.165) is 31.0 Å². The minimum Gasteiger partial charge on any atom is -0.355 e. The molecule has 0 aromatic carbocycles. The predicted molar refractivity (Wildman–Crippen MR) is 82.0 cm³/mol. The second-order valence-electron chi connectivity index (χ2n) is 5.23. The Bertz CT molecular complexity index is 588. The number of likely N-dealkylation sites (N-methyl/N-ethyl adjacent to an activating group) is 1. The largest absolute Gasteiger partial charge is 0.355 e. The number of nitrogens with one attached hydrogen (secondary N) is 1. The van der Waals surface area contributed by atoms with Gasteiger partial charge in [0.15, 0.2) is 5.82 Å². The lowest BCUT2D eigenvalue weighted by Crippen LogP contribution is -2.30. The topological polar surface area (TPSA) is 80.0 Å². The van der Waals surface area contributed by atoms with E-state index in [-0.39, 0.29) is 0 Å². The number of nitrogens with zero attached hydrogens (tertiary/aromatic N) is 4. The third-order valence-electron chi connectivity index (χ3n) is 3.86. The molecule has 21 heavy (non-hydrogen) atoms. The number of pyridine rings is 1. The summed E-state index contributed by atoms with van der Waals surface area (Å²) in [6, 6.07) is 7.75. The van der Waals surface area contributed by atoms with E-state index in [0.29, 0.717) is 11.9 Å². The summed E-state index contributed by atoms with van der Waals surface area (Å²) in [6.45, 7) is 1.96. The van der Waals surface area contributed by atoms with Gasteiger partial charge in [-0.2, -0.15) is 0 Å². The van der Waals surface area contributed by atoms with Gasteiger partial charge < -0.3 is 16.0 Å². The van der Waals surface area contributed by atoms with Gasteiger partial charge in [0.2, 0.25) is 0 Å². The van der Waals surface area contributed by atoms with Crippen LogP contribution in [0.3, 0.4) is 0 Å². The first kappa shape index (κ1) is 13.9. The predicted octanol–water partition coefficient (Wildman–Crippen LogP) is 0.718. The van der Waals surface area contributed by atoms with Gasteiger partial charge in [0, 0.05) is 31.5 Å². The van der Waals surface area contributed by atoms with Crippen molar-refractivity contribution in [3.8, 4) is 0 Å². The van der Waals surface area contributed by atoms with Crippen molar-refractivity contribution in [1.82, 2.24) is 20.3 Å². The standard InChI is InChI=1S/C15H20N6/c1-17-11-6-9-21(10-11)13-5-8-19-15(20-13)14(16)12-4-2-3-7-18-12/h2-5,7-8,11,14,17H,6,9-10,16H2,1H3/t11-,14?/m1/s1.